The molecule has 0 aliphatic carbocycles. The lowest BCUT2D eigenvalue weighted by Gasteiger charge is -2.24. The summed E-state index contributed by atoms with van der Waals surface area (Å²) in [5, 5.41) is 2.79. The molecule has 0 atom stereocenters. The molecular formula is C17H12N2O3. The van der Waals surface area contributed by atoms with Crippen molar-refractivity contribution in [2.24, 2.45) is 0 Å². The van der Waals surface area contributed by atoms with Crippen LogP contribution in [0.25, 0.3) is 0 Å². The van der Waals surface area contributed by atoms with E-state index < -0.39 is 0 Å². The normalized spacial score (nSPS) is 16.4. The molecule has 22 heavy (non-hydrogen) atoms. The van der Waals surface area contributed by atoms with Crippen LogP contribution in [0.2, 0.25) is 0 Å². The third-order valence-electron chi connectivity index (χ3n) is 4.05. The molecule has 1 N–H and O–H groups in total. The van der Waals surface area contributed by atoms with Crippen LogP contribution in [-0.4, -0.2) is 17.7 Å². The molecule has 2 aromatic carbocycles. The summed E-state index contributed by atoms with van der Waals surface area (Å²) in [6.45, 7) is 0. The number of rotatable bonds is 1. The Labute approximate surface area is 126 Å². The number of aryl methyl sites for hydroxylation is 1. The van der Waals surface area contributed by atoms with Crippen LogP contribution in [0.15, 0.2) is 42.5 Å². The number of fused-ring (bicyclic) bond motifs is 2. The smallest absolute Gasteiger partial charge is 0.266 e. The molecule has 0 saturated carbocycles. The van der Waals surface area contributed by atoms with Crippen LogP contribution in [-0.2, 0) is 11.2 Å². The molecule has 0 unspecified atom stereocenters. The first-order chi connectivity index (χ1) is 10.7. The number of hydrogen-bond acceptors (Lipinski definition) is 3. The van der Waals surface area contributed by atoms with Gasteiger partial charge in [0.15, 0.2) is 0 Å². The number of amides is 3. The number of carbonyl (C=O) groups is 3. The zero-order chi connectivity index (χ0) is 15.3. The average molecular weight is 292 g/mol. The minimum Gasteiger partial charge on any atom is -0.324 e. The Balaban J connectivity index is 1.86. The van der Waals surface area contributed by atoms with Crippen molar-refractivity contribution in [2.75, 3.05) is 10.2 Å². The third-order valence-corrected chi connectivity index (χ3v) is 4.05. The molecule has 2 aliphatic heterocycles. The SMILES string of the molecule is O=C1CCc2cccc(N3C(=O)c4ccccc4C3=O)c2N1. The minimum absolute atomic E-state index is 0.100. The minimum atomic E-state index is -0.353. The van der Waals surface area contributed by atoms with Crippen molar-refractivity contribution in [1.82, 2.24) is 0 Å². The second-order valence-electron chi connectivity index (χ2n) is 5.35. The fourth-order valence-corrected chi connectivity index (χ4v) is 2.98. The van der Waals surface area contributed by atoms with E-state index in [0.29, 0.717) is 35.3 Å². The third kappa shape index (κ3) is 1.69. The Morgan fingerprint density at radius 3 is 2.18 bits per heavy atom. The van der Waals surface area contributed by atoms with Crippen LogP contribution in [0.5, 0.6) is 0 Å². The van der Waals surface area contributed by atoms with E-state index in [0.717, 1.165) is 10.5 Å². The van der Waals surface area contributed by atoms with Gasteiger partial charge in [0.05, 0.1) is 22.5 Å². The number of benzene rings is 2. The molecule has 5 nitrogen and oxygen atoms in total. The van der Waals surface area contributed by atoms with Crippen molar-refractivity contribution >= 4 is 29.1 Å². The van der Waals surface area contributed by atoms with Crippen molar-refractivity contribution < 1.29 is 14.4 Å². The van der Waals surface area contributed by atoms with Gasteiger partial charge in [0.1, 0.15) is 0 Å². The number of carbonyl (C=O) groups excluding carboxylic acids is 3. The van der Waals surface area contributed by atoms with E-state index in [-0.39, 0.29) is 17.7 Å². The molecule has 108 valence electrons. The fraction of sp³-hybridized carbons (Fsp3) is 0.118. The Bertz CT molecular complexity index is 807. The van der Waals surface area contributed by atoms with Crippen molar-refractivity contribution in [3.05, 3.63) is 59.2 Å². The standard InChI is InChI=1S/C17H12N2O3/c20-14-9-8-10-4-3-7-13(15(10)18-14)19-16(21)11-5-1-2-6-12(11)17(19)22/h1-7H,8-9H2,(H,18,20). The van der Waals surface area contributed by atoms with Crippen LogP contribution in [0.3, 0.4) is 0 Å². The molecule has 5 heteroatoms. The van der Waals surface area contributed by atoms with Gasteiger partial charge in [-0.3, -0.25) is 14.4 Å². The maximum atomic E-state index is 12.6. The van der Waals surface area contributed by atoms with Gasteiger partial charge in [-0.05, 0) is 30.2 Å². The second kappa shape index (κ2) is 4.53. The van der Waals surface area contributed by atoms with Crippen molar-refractivity contribution in [2.45, 2.75) is 12.8 Å². The van der Waals surface area contributed by atoms with E-state index >= 15 is 0 Å². The van der Waals surface area contributed by atoms with Crippen LogP contribution < -0.4 is 10.2 Å². The molecular weight excluding hydrogens is 280 g/mol. The second-order valence-corrected chi connectivity index (χ2v) is 5.35. The molecule has 0 bridgehead atoms. The first-order valence-corrected chi connectivity index (χ1v) is 7.06. The van der Waals surface area contributed by atoms with Gasteiger partial charge in [0, 0.05) is 6.42 Å². The van der Waals surface area contributed by atoms with Gasteiger partial charge in [0.2, 0.25) is 5.91 Å². The number of imide groups is 1. The lowest BCUT2D eigenvalue weighted by molar-refractivity contribution is -0.116. The maximum Gasteiger partial charge on any atom is 0.266 e. The molecule has 0 aromatic heterocycles. The summed E-state index contributed by atoms with van der Waals surface area (Å²) in [7, 11) is 0. The van der Waals surface area contributed by atoms with Gasteiger partial charge in [0.25, 0.3) is 11.8 Å². The monoisotopic (exact) mass is 292 g/mol. The highest BCUT2D eigenvalue weighted by atomic mass is 16.2. The predicted molar refractivity (Wildman–Crippen MR) is 81.0 cm³/mol. The number of nitrogens with one attached hydrogen (secondary N) is 1. The van der Waals surface area contributed by atoms with Crippen LogP contribution in [0.1, 0.15) is 32.7 Å². The number of nitrogens with zero attached hydrogens (tertiary/aromatic N) is 1. The van der Waals surface area contributed by atoms with Gasteiger partial charge in [-0.15, -0.1) is 0 Å². The van der Waals surface area contributed by atoms with Gasteiger partial charge in [-0.1, -0.05) is 24.3 Å². The summed E-state index contributed by atoms with van der Waals surface area (Å²) in [4.78, 5) is 38.0. The highest BCUT2D eigenvalue weighted by molar-refractivity contribution is 6.35. The van der Waals surface area contributed by atoms with Gasteiger partial charge >= 0.3 is 0 Å². The van der Waals surface area contributed by atoms with Crippen molar-refractivity contribution in [1.29, 1.82) is 0 Å². The molecule has 0 saturated heterocycles. The summed E-state index contributed by atoms with van der Waals surface area (Å²) < 4.78 is 0. The highest BCUT2D eigenvalue weighted by Gasteiger charge is 2.38. The summed E-state index contributed by atoms with van der Waals surface area (Å²) in [6.07, 6.45) is 1.02. The molecule has 0 spiro atoms. The maximum absolute atomic E-state index is 12.6. The molecule has 2 aromatic rings. The molecule has 2 heterocycles. The number of hydrogen-bond donors (Lipinski definition) is 1. The van der Waals surface area contributed by atoms with Crippen molar-refractivity contribution in [3.8, 4) is 0 Å². The summed E-state index contributed by atoms with van der Waals surface area (Å²) in [5.41, 5.74) is 2.73. The lowest BCUT2D eigenvalue weighted by atomic mass is 10.0. The molecule has 4 rings (SSSR count). The van der Waals surface area contributed by atoms with E-state index in [1.807, 2.05) is 6.07 Å². The Morgan fingerprint density at radius 1 is 0.818 bits per heavy atom. The van der Waals surface area contributed by atoms with Gasteiger partial charge in [-0.2, -0.15) is 0 Å². The van der Waals surface area contributed by atoms with Gasteiger partial charge < -0.3 is 5.32 Å². The highest BCUT2D eigenvalue weighted by Crippen LogP contribution is 2.37. The Hall–Kier alpha value is -2.95. The summed E-state index contributed by atoms with van der Waals surface area (Å²) in [5.74, 6) is -0.806. The summed E-state index contributed by atoms with van der Waals surface area (Å²) >= 11 is 0. The topological polar surface area (TPSA) is 66.5 Å². The lowest BCUT2D eigenvalue weighted by Crippen LogP contribution is -2.31. The van der Waals surface area contributed by atoms with Crippen LogP contribution in [0, 0.1) is 0 Å². The fourth-order valence-electron chi connectivity index (χ4n) is 2.98. The predicted octanol–water partition coefficient (Wildman–Crippen LogP) is 2.37. The molecule has 0 radical (unpaired) electrons. The molecule has 2 aliphatic rings. The zero-order valence-electron chi connectivity index (χ0n) is 11.6. The summed E-state index contributed by atoms with van der Waals surface area (Å²) in [6, 6.07) is 12.1. The number of anilines is 2. The van der Waals surface area contributed by atoms with Crippen molar-refractivity contribution in [3.63, 3.8) is 0 Å². The van der Waals surface area contributed by atoms with Crippen LogP contribution in [0.4, 0.5) is 11.4 Å². The zero-order valence-corrected chi connectivity index (χ0v) is 11.6. The first kappa shape index (κ1) is 12.8. The van der Waals surface area contributed by atoms with E-state index in [2.05, 4.69) is 5.32 Å². The first-order valence-electron chi connectivity index (χ1n) is 7.06. The van der Waals surface area contributed by atoms with Gasteiger partial charge in [-0.25, -0.2) is 4.90 Å². The Morgan fingerprint density at radius 2 is 1.50 bits per heavy atom. The van der Waals surface area contributed by atoms with E-state index in [9.17, 15) is 14.4 Å². The van der Waals surface area contributed by atoms with E-state index in [4.69, 9.17) is 0 Å². The average Bonchev–Trinajstić information content (AvgIpc) is 2.79. The molecule has 3 amide bonds. The molecule has 0 fully saturated rings. The Kier molecular flexibility index (Phi) is 2.63. The number of para-hydroxylation sites is 1. The van der Waals surface area contributed by atoms with E-state index in [1.54, 1.807) is 36.4 Å². The quantitative estimate of drug-likeness (QED) is 0.821. The largest absolute Gasteiger partial charge is 0.324 e. The van der Waals surface area contributed by atoms with E-state index in [1.165, 1.54) is 0 Å². The van der Waals surface area contributed by atoms with Crippen LogP contribution >= 0.6 is 0 Å².